The second kappa shape index (κ2) is 4.26. The fraction of sp³-hybridized carbons (Fsp3) is 0.900. The van der Waals surface area contributed by atoms with Crippen LogP contribution in [0.3, 0.4) is 0 Å². The van der Waals surface area contributed by atoms with Crippen molar-refractivity contribution in [2.24, 2.45) is 5.92 Å². The minimum Gasteiger partial charge on any atom is -0.339 e. The number of hydrogen-bond donors (Lipinski definition) is 1. The lowest BCUT2D eigenvalue weighted by molar-refractivity contribution is -0.135. The molecule has 1 N–H and O–H groups in total. The van der Waals surface area contributed by atoms with Gasteiger partial charge in [-0.1, -0.05) is 0 Å². The fourth-order valence-electron chi connectivity index (χ4n) is 2.24. The summed E-state index contributed by atoms with van der Waals surface area (Å²) in [5, 5.41) is 3.21. The number of nitrogens with zero attached hydrogens (tertiary/aromatic N) is 1. The lowest BCUT2D eigenvalue weighted by atomic mass is 9.98. The van der Waals surface area contributed by atoms with Gasteiger partial charge in [0.1, 0.15) is 6.17 Å². The number of halogens is 1. The molecule has 2 rings (SSSR count). The number of piperidine rings is 1. The molecule has 3 nitrogen and oxygen atoms in total. The van der Waals surface area contributed by atoms with E-state index >= 15 is 0 Å². The number of rotatable bonds is 1. The number of likely N-dealkylation sites (tertiary alicyclic amines) is 1. The van der Waals surface area contributed by atoms with Crippen molar-refractivity contribution in [1.29, 1.82) is 0 Å². The zero-order chi connectivity index (χ0) is 9.97. The maximum Gasteiger partial charge on any atom is 0.227 e. The average molecular weight is 200 g/mol. The van der Waals surface area contributed by atoms with Crippen molar-refractivity contribution < 1.29 is 9.18 Å². The van der Waals surface area contributed by atoms with Gasteiger partial charge >= 0.3 is 0 Å². The molecule has 0 aliphatic carbocycles. The van der Waals surface area contributed by atoms with Crippen LogP contribution in [0, 0.1) is 5.92 Å². The number of amides is 1. The zero-order valence-corrected chi connectivity index (χ0v) is 8.34. The van der Waals surface area contributed by atoms with Crippen molar-refractivity contribution in [3.05, 3.63) is 0 Å². The Hall–Kier alpha value is -0.640. The van der Waals surface area contributed by atoms with E-state index in [1.54, 1.807) is 4.90 Å². The Labute approximate surface area is 83.6 Å². The molecule has 0 aromatic rings. The molecule has 0 aromatic carbocycles. The summed E-state index contributed by atoms with van der Waals surface area (Å²) in [6, 6.07) is 0. The number of carbonyl (C=O) groups excluding carboxylic acids is 1. The molecular formula is C10H17FN2O. The van der Waals surface area contributed by atoms with Crippen LogP contribution in [0.4, 0.5) is 4.39 Å². The fourth-order valence-corrected chi connectivity index (χ4v) is 2.24. The number of hydrogen-bond acceptors (Lipinski definition) is 2. The molecule has 14 heavy (non-hydrogen) atoms. The molecule has 2 aliphatic heterocycles. The van der Waals surface area contributed by atoms with Crippen LogP contribution in [0.15, 0.2) is 0 Å². The second-order valence-corrected chi connectivity index (χ2v) is 4.21. The van der Waals surface area contributed by atoms with Crippen LogP contribution in [0.5, 0.6) is 0 Å². The summed E-state index contributed by atoms with van der Waals surface area (Å²) >= 11 is 0. The zero-order valence-electron chi connectivity index (χ0n) is 8.34. The molecule has 2 fully saturated rings. The Morgan fingerprint density at radius 2 is 2.29 bits per heavy atom. The Balaban J connectivity index is 1.87. The minimum absolute atomic E-state index is 0.0917. The highest BCUT2D eigenvalue weighted by Gasteiger charge is 2.31. The van der Waals surface area contributed by atoms with Crippen molar-refractivity contribution >= 4 is 5.91 Å². The summed E-state index contributed by atoms with van der Waals surface area (Å²) in [5.41, 5.74) is 0. The van der Waals surface area contributed by atoms with Gasteiger partial charge in [-0.3, -0.25) is 4.79 Å². The summed E-state index contributed by atoms with van der Waals surface area (Å²) in [4.78, 5) is 13.5. The number of nitrogens with one attached hydrogen (secondary N) is 1. The summed E-state index contributed by atoms with van der Waals surface area (Å²) < 4.78 is 12.9. The van der Waals surface area contributed by atoms with Gasteiger partial charge in [-0.15, -0.1) is 0 Å². The predicted molar refractivity (Wildman–Crippen MR) is 51.7 cm³/mol. The van der Waals surface area contributed by atoms with Gasteiger partial charge in [0.05, 0.1) is 12.5 Å². The first-order valence-electron chi connectivity index (χ1n) is 5.41. The van der Waals surface area contributed by atoms with Gasteiger partial charge in [-0.2, -0.15) is 0 Å². The van der Waals surface area contributed by atoms with Crippen LogP contribution < -0.4 is 5.32 Å². The molecule has 2 aliphatic rings. The van der Waals surface area contributed by atoms with Crippen LogP contribution in [0.25, 0.3) is 0 Å². The molecule has 80 valence electrons. The van der Waals surface area contributed by atoms with Gasteiger partial charge in [0.25, 0.3) is 0 Å². The molecule has 4 heteroatoms. The van der Waals surface area contributed by atoms with E-state index in [9.17, 15) is 9.18 Å². The summed E-state index contributed by atoms with van der Waals surface area (Å²) in [7, 11) is 0. The summed E-state index contributed by atoms with van der Waals surface area (Å²) in [5.74, 6) is 0.242. The highest BCUT2D eigenvalue weighted by Crippen LogP contribution is 2.18. The van der Waals surface area contributed by atoms with E-state index in [0.717, 1.165) is 25.9 Å². The van der Waals surface area contributed by atoms with E-state index in [2.05, 4.69) is 5.32 Å². The molecule has 0 spiro atoms. The Morgan fingerprint density at radius 3 is 2.86 bits per heavy atom. The Morgan fingerprint density at radius 1 is 1.43 bits per heavy atom. The maximum absolute atomic E-state index is 12.9. The first kappa shape index (κ1) is 9.90. The Kier molecular flexibility index (Phi) is 3.01. The minimum atomic E-state index is -0.796. The molecule has 0 aromatic heterocycles. The summed E-state index contributed by atoms with van der Waals surface area (Å²) in [6.45, 7) is 2.70. The second-order valence-electron chi connectivity index (χ2n) is 4.21. The lowest BCUT2D eigenvalue weighted by Gasteiger charge is -2.26. The number of alkyl halides is 1. The quantitative estimate of drug-likeness (QED) is 0.670. The molecule has 2 heterocycles. The normalized spacial score (nSPS) is 33.4. The molecule has 0 radical (unpaired) electrons. The van der Waals surface area contributed by atoms with Crippen molar-refractivity contribution in [3.63, 3.8) is 0 Å². The SMILES string of the molecule is O=C([C@@H]1CCCNC1)N1CC[C@H](F)C1. The lowest BCUT2D eigenvalue weighted by Crippen LogP contribution is -2.42. The van der Waals surface area contributed by atoms with E-state index in [0.29, 0.717) is 19.5 Å². The average Bonchev–Trinajstić information content (AvgIpc) is 2.65. The predicted octanol–water partition coefficient (Wildman–Crippen LogP) is 0.556. The molecule has 0 unspecified atom stereocenters. The van der Waals surface area contributed by atoms with Gasteiger partial charge in [-0.05, 0) is 25.8 Å². The van der Waals surface area contributed by atoms with Gasteiger partial charge in [0, 0.05) is 13.1 Å². The van der Waals surface area contributed by atoms with Crippen LogP contribution >= 0.6 is 0 Å². The molecule has 2 saturated heterocycles. The van der Waals surface area contributed by atoms with Crippen molar-refractivity contribution in [2.45, 2.75) is 25.4 Å². The van der Waals surface area contributed by atoms with Crippen LogP contribution in [-0.2, 0) is 4.79 Å². The monoisotopic (exact) mass is 200 g/mol. The maximum atomic E-state index is 12.9. The van der Waals surface area contributed by atoms with Crippen molar-refractivity contribution in [1.82, 2.24) is 10.2 Å². The van der Waals surface area contributed by atoms with Gasteiger partial charge < -0.3 is 10.2 Å². The highest BCUT2D eigenvalue weighted by molar-refractivity contribution is 5.79. The highest BCUT2D eigenvalue weighted by atomic mass is 19.1. The third-order valence-electron chi connectivity index (χ3n) is 3.09. The van der Waals surface area contributed by atoms with Gasteiger partial charge in [0.2, 0.25) is 5.91 Å². The molecule has 2 atom stereocenters. The molecule has 1 amide bonds. The van der Waals surface area contributed by atoms with E-state index in [-0.39, 0.29) is 11.8 Å². The molecular weight excluding hydrogens is 183 g/mol. The van der Waals surface area contributed by atoms with Gasteiger partial charge in [-0.25, -0.2) is 4.39 Å². The van der Waals surface area contributed by atoms with Gasteiger partial charge in [0.15, 0.2) is 0 Å². The Bertz CT molecular complexity index is 209. The van der Waals surface area contributed by atoms with Crippen LogP contribution in [-0.4, -0.2) is 43.2 Å². The van der Waals surface area contributed by atoms with E-state index < -0.39 is 6.17 Å². The standard InChI is InChI=1S/C10H17FN2O/c11-9-3-5-13(7-9)10(14)8-2-1-4-12-6-8/h8-9,12H,1-7H2/t8-,9+/m1/s1. The molecule has 0 saturated carbocycles. The van der Waals surface area contributed by atoms with E-state index in [1.165, 1.54) is 0 Å². The van der Waals surface area contributed by atoms with E-state index in [4.69, 9.17) is 0 Å². The molecule has 0 bridgehead atoms. The van der Waals surface area contributed by atoms with Crippen molar-refractivity contribution in [2.75, 3.05) is 26.2 Å². The first-order valence-corrected chi connectivity index (χ1v) is 5.41. The largest absolute Gasteiger partial charge is 0.339 e. The third kappa shape index (κ3) is 2.05. The number of carbonyl (C=O) groups is 1. The van der Waals surface area contributed by atoms with E-state index in [1.807, 2.05) is 0 Å². The van der Waals surface area contributed by atoms with Crippen LogP contribution in [0.2, 0.25) is 0 Å². The summed E-state index contributed by atoms with van der Waals surface area (Å²) in [6.07, 6.45) is 1.74. The van der Waals surface area contributed by atoms with Crippen molar-refractivity contribution in [3.8, 4) is 0 Å². The third-order valence-corrected chi connectivity index (χ3v) is 3.09. The first-order chi connectivity index (χ1) is 6.77. The topological polar surface area (TPSA) is 32.3 Å². The smallest absolute Gasteiger partial charge is 0.227 e. The van der Waals surface area contributed by atoms with Crippen LogP contribution in [0.1, 0.15) is 19.3 Å².